The van der Waals surface area contributed by atoms with E-state index in [0.29, 0.717) is 13.2 Å². The Kier molecular flexibility index (Phi) is 5.10. The molecule has 0 saturated heterocycles. The maximum Gasteiger partial charge on any atom is 0.405 e. The second-order valence-electron chi connectivity index (χ2n) is 4.84. The Labute approximate surface area is 121 Å². The van der Waals surface area contributed by atoms with E-state index >= 15 is 0 Å². The minimum Gasteiger partial charge on any atom is -0.341 e. The molecule has 0 radical (unpaired) electrons. The molecule has 1 aliphatic carbocycles. The van der Waals surface area contributed by atoms with Gasteiger partial charge in [0.2, 0.25) is 0 Å². The number of aryl methyl sites for hydroxylation is 1. The van der Waals surface area contributed by atoms with E-state index in [1.165, 1.54) is 24.1 Å². The van der Waals surface area contributed by atoms with Crippen LogP contribution in [0.1, 0.15) is 43.6 Å². The zero-order chi connectivity index (χ0) is 14.6. The van der Waals surface area contributed by atoms with Crippen molar-refractivity contribution in [1.29, 1.82) is 0 Å². The van der Waals surface area contributed by atoms with Crippen LogP contribution in [0.2, 0.25) is 0 Å². The Morgan fingerprint density at radius 2 is 1.90 bits per heavy atom. The van der Waals surface area contributed by atoms with Gasteiger partial charge in [0.1, 0.15) is 0 Å². The fraction of sp³-hybridized carbons (Fsp3) is 0.600. The molecule has 110 valence electrons. The highest BCUT2D eigenvalue weighted by atomic mass is 31.2. The molecule has 0 amide bonds. The van der Waals surface area contributed by atoms with Gasteiger partial charge in [-0.15, -0.1) is 0 Å². The average molecular weight is 295 g/mol. The van der Waals surface area contributed by atoms with E-state index in [4.69, 9.17) is 9.05 Å². The van der Waals surface area contributed by atoms with Crippen LogP contribution in [0, 0.1) is 11.6 Å². The summed E-state index contributed by atoms with van der Waals surface area (Å²) < 4.78 is 24.8. The average Bonchev–Trinajstić information content (AvgIpc) is 2.75. The first-order chi connectivity index (χ1) is 9.59. The second-order valence-corrected chi connectivity index (χ2v) is 6.57. The van der Waals surface area contributed by atoms with Gasteiger partial charge in [-0.05, 0) is 57.1 Å². The number of hydrogen-bond donors (Lipinski definition) is 0. The SMILES string of the molecule is CCOP(=O)(C#Cc1cc2c(n1C)CCCC2)OCC. The third kappa shape index (κ3) is 3.35. The molecule has 0 spiro atoms. The molecule has 0 N–H and O–H groups in total. The van der Waals surface area contributed by atoms with Gasteiger partial charge in [0.15, 0.2) is 0 Å². The van der Waals surface area contributed by atoms with Crippen LogP contribution in [0.3, 0.4) is 0 Å². The molecule has 0 fully saturated rings. The smallest absolute Gasteiger partial charge is 0.341 e. The highest BCUT2D eigenvalue weighted by molar-refractivity contribution is 7.59. The molecule has 2 rings (SSSR count). The maximum atomic E-state index is 12.3. The summed E-state index contributed by atoms with van der Waals surface area (Å²) in [5, 5.41) is 0. The van der Waals surface area contributed by atoms with E-state index in [0.717, 1.165) is 18.5 Å². The van der Waals surface area contributed by atoms with Gasteiger partial charge in [-0.25, -0.2) is 4.57 Å². The summed E-state index contributed by atoms with van der Waals surface area (Å²) in [6.07, 6.45) is 4.68. The lowest BCUT2D eigenvalue weighted by atomic mass is 9.98. The van der Waals surface area contributed by atoms with Crippen LogP contribution in [0.25, 0.3) is 0 Å². The molecule has 1 aliphatic rings. The van der Waals surface area contributed by atoms with Crippen LogP contribution >= 0.6 is 7.60 Å². The summed E-state index contributed by atoms with van der Waals surface area (Å²) in [6.45, 7) is 4.23. The first kappa shape index (κ1) is 15.4. The van der Waals surface area contributed by atoms with E-state index in [-0.39, 0.29) is 0 Å². The first-order valence-corrected chi connectivity index (χ1v) is 8.73. The fourth-order valence-electron chi connectivity index (χ4n) is 2.55. The molecule has 0 bridgehead atoms. The molecule has 5 heteroatoms. The topological polar surface area (TPSA) is 40.5 Å². The van der Waals surface area contributed by atoms with Gasteiger partial charge in [0.05, 0.1) is 18.9 Å². The largest absolute Gasteiger partial charge is 0.405 e. The second kappa shape index (κ2) is 6.63. The van der Waals surface area contributed by atoms with Gasteiger partial charge in [-0.2, -0.15) is 0 Å². The highest BCUT2D eigenvalue weighted by Gasteiger charge is 2.20. The van der Waals surface area contributed by atoms with E-state index < -0.39 is 7.60 Å². The van der Waals surface area contributed by atoms with Crippen LogP contribution in [-0.4, -0.2) is 17.8 Å². The summed E-state index contributed by atoms with van der Waals surface area (Å²) in [5.74, 6) is 2.98. The normalized spacial score (nSPS) is 14.6. The Hall–Kier alpha value is -1.01. The van der Waals surface area contributed by atoms with Crippen LogP contribution < -0.4 is 0 Å². The Morgan fingerprint density at radius 3 is 2.50 bits per heavy atom. The van der Waals surface area contributed by atoms with Gasteiger partial charge in [0.25, 0.3) is 0 Å². The Balaban J connectivity index is 2.28. The van der Waals surface area contributed by atoms with Gasteiger partial charge in [-0.1, -0.05) is 0 Å². The number of nitrogens with zero attached hydrogens (tertiary/aromatic N) is 1. The highest BCUT2D eigenvalue weighted by Crippen LogP contribution is 2.46. The van der Waals surface area contributed by atoms with E-state index in [1.54, 1.807) is 13.8 Å². The van der Waals surface area contributed by atoms with Gasteiger partial charge in [0, 0.05) is 18.4 Å². The van der Waals surface area contributed by atoms with Gasteiger partial charge < -0.3 is 4.57 Å². The molecule has 1 aromatic rings. The molecule has 0 saturated carbocycles. The third-order valence-electron chi connectivity index (χ3n) is 3.48. The molecule has 0 unspecified atom stereocenters. The van der Waals surface area contributed by atoms with Crippen molar-refractivity contribution in [3.63, 3.8) is 0 Å². The van der Waals surface area contributed by atoms with Crippen LogP contribution in [-0.2, 0) is 33.5 Å². The molecule has 0 aromatic carbocycles. The quantitative estimate of drug-likeness (QED) is 0.630. The van der Waals surface area contributed by atoms with Crippen molar-refractivity contribution in [3.05, 3.63) is 23.0 Å². The van der Waals surface area contributed by atoms with Crippen molar-refractivity contribution in [1.82, 2.24) is 4.57 Å². The molecule has 0 aliphatic heterocycles. The van der Waals surface area contributed by atoms with Gasteiger partial charge in [-0.3, -0.25) is 9.05 Å². The summed E-state index contributed by atoms with van der Waals surface area (Å²) in [5.41, 5.74) is 6.31. The van der Waals surface area contributed by atoms with Crippen LogP contribution in [0.5, 0.6) is 0 Å². The van der Waals surface area contributed by atoms with Crippen molar-refractivity contribution in [3.8, 4) is 11.6 Å². The lowest BCUT2D eigenvalue weighted by Gasteiger charge is -2.12. The van der Waals surface area contributed by atoms with Gasteiger partial charge >= 0.3 is 7.60 Å². The lowest BCUT2D eigenvalue weighted by molar-refractivity contribution is 0.230. The maximum absolute atomic E-state index is 12.3. The third-order valence-corrected chi connectivity index (χ3v) is 5.06. The predicted molar refractivity (Wildman–Crippen MR) is 79.8 cm³/mol. The summed E-state index contributed by atoms with van der Waals surface area (Å²) in [7, 11) is -1.27. The molecule has 4 nitrogen and oxygen atoms in total. The Morgan fingerprint density at radius 1 is 1.25 bits per heavy atom. The van der Waals surface area contributed by atoms with Crippen molar-refractivity contribution < 1.29 is 13.6 Å². The minimum absolute atomic E-state index is 0.329. The monoisotopic (exact) mass is 295 g/mol. The van der Waals surface area contributed by atoms with E-state index in [1.807, 2.05) is 7.05 Å². The Bertz CT molecular complexity index is 570. The zero-order valence-electron chi connectivity index (χ0n) is 12.4. The number of rotatable bonds is 4. The number of fused-ring (bicyclic) bond motifs is 1. The number of hydrogen-bond acceptors (Lipinski definition) is 3. The lowest BCUT2D eigenvalue weighted by Crippen LogP contribution is -2.05. The van der Waals surface area contributed by atoms with E-state index in [9.17, 15) is 4.57 Å². The fourth-order valence-corrected chi connectivity index (χ4v) is 3.68. The van der Waals surface area contributed by atoms with Crippen LogP contribution in [0.15, 0.2) is 6.07 Å². The minimum atomic E-state index is -3.29. The molecule has 20 heavy (non-hydrogen) atoms. The van der Waals surface area contributed by atoms with Crippen molar-refractivity contribution in [2.24, 2.45) is 7.05 Å². The van der Waals surface area contributed by atoms with Crippen molar-refractivity contribution in [2.75, 3.05) is 13.2 Å². The zero-order valence-corrected chi connectivity index (χ0v) is 13.3. The predicted octanol–water partition coefficient (Wildman–Crippen LogP) is 3.48. The summed E-state index contributed by atoms with van der Waals surface area (Å²) >= 11 is 0. The molecular weight excluding hydrogens is 273 g/mol. The van der Waals surface area contributed by atoms with Crippen LogP contribution in [0.4, 0.5) is 0 Å². The van der Waals surface area contributed by atoms with Crippen molar-refractivity contribution in [2.45, 2.75) is 39.5 Å². The van der Waals surface area contributed by atoms with Crippen molar-refractivity contribution >= 4 is 7.60 Å². The summed E-state index contributed by atoms with van der Waals surface area (Å²) in [4.78, 5) is 0. The summed E-state index contributed by atoms with van der Waals surface area (Å²) in [6, 6.07) is 2.10. The molecular formula is C15H22NO3P. The molecule has 1 aromatic heterocycles. The molecule has 1 heterocycles. The number of aromatic nitrogens is 1. The molecule has 0 atom stereocenters. The first-order valence-electron chi connectivity index (χ1n) is 7.19. The standard InChI is InChI=1S/C15H22NO3P/c1-4-18-20(17,19-5-2)11-10-14-12-13-8-6-7-9-15(13)16(14)3/h12H,4-9H2,1-3H3. The van der Waals surface area contributed by atoms with E-state index in [2.05, 4.69) is 22.2 Å².